The molecule has 2 aromatic heterocycles. The molecule has 4 rings (SSSR count). The zero-order valence-corrected chi connectivity index (χ0v) is 13.8. The zero-order chi connectivity index (χ0) is 19.2. The maximum absolute atomic E-state index is 13.3. The van der Waals surface area contributed by atoms with Crippen LogP contribution in [-0.4, -0.2) is 49.9 Å². The second-order valence-electron chi connectivity index (χ2n) is 6.34. The first-order valence-electron chi connectivity index (χ1n) is 8.15. The van der Waals surface area contributed by atoms with Crippen LogP contribution in [0.2, 0.25) is 0 Å². The van der Waals surface area contributed by atoms with E-state index in [1.807, 2.05) is 30.3 Å². The Balaban J connectivity index is 1.79. The predicted molar refractivity (Wildman–Crippen MR) is 89.1 cm³/mol. The van der Waals surface area contributed by atoms with Crippen LogP contribution in [0.15, 0.2) is 42.7 Å². The van der Waals surface area contributed by atoms with E-state index in [1.165, 1.54) is 15.7 Å². The molecule has 3 aromatic rings. The summed E-state index contributed by atoms with van der Waals surface area (Å²) < 4.78 is 41.3. The van der Waals surface area contributed by atoms with Crippen molar-refractivity contribution in [2.45, 2.75) is 6.18 Å². The fourth-order valence-electron chi connectivity index (χ4n) is 3.35. The average Bonchev–Trinajstić information content (AvgIpc) is 3.28. The van der Waals surface area contributed by atoms with Gasteiger partial charge in [-0.2, -0.15) is 27.8 Å². The number of benzene rings is 1. The van der Waals surface area contributed by atoms with Gasteiger partial charge in [0.25, 0.3) is 5.78 Å². The molecule has 0 aliphatic carbocycles. The van der Waals surface area contributed by atoms with E-state index in [1.54, 1.807) is 6.07 Å². The smallest absolute Gasteiger partial charge is 0.394 e. The minimum Gasteiger partial charge on any atom is -0.481 e. The lowest BCUT2D eigenvalue weighted by Gasteiger charge is -2.20. The van der Waals surface area contributed by atoms with Crippen LogP contribution in [0.3, 0.4) is 0 Å². The molecule has 140 valence electrons. The van der Waals surface area contributed by atoms with E-state index in [-0.39, 0.29) is 12.3 Å². The predicted octanol–water partition coefficient (Wildman–Crippen LogP) is 2.49. The summed E-state index contributed by atoms with van der Waals surface area (Å²) in [5.41, 5.74) is 1.29. The molecular weight excluding hydrogens is 363 g/mol. The molecule has 10 heteroatoms. The number of aromatic nitrogens is 4. The Kier molecular flexibility index (Phi) is 3.97. The molecule has 1 aliphatic heterocycles. The molecule has 2 atom stereocenters. The van der Waals surface area contributed by atoms with Crippen molar-refractivity contribution in [1.82, 2.24) is 19.6 Å². The van der Waals surface area contributed by atoms with Crippen LogP contribution >= 0.6 is 0 Å². The van der Waals surface area contributed by atoms with E-state index in [0.717, 1.165) is 5.56 Å². The van der Waals surface area contributed by atoms with Gasteiger partial charge < -0.3 is 10.0 Å². The number of hydrogen-bond acceptors (Lipinski definition) is 5. The third-order valence-corrected chi connectivity index (χ3v) is 4.68. The van der Waals surface area contributed by atoms with Crippen molar-refractivity contribution >= 4 is 17.6 Å². The molecule has 1 saturated heterocycles. The summed E-state index contributed by atoms with van der Waals surface area (Å²) in [5, 5.41) is 13.3. The number of aliphatic carboxylic acids is 1. The zero-order valence-electron chi connectivity index (χ0n) is 13.8. The quantitative estimate of drug-likeness (QED) is 0.755. The fraction of sp³-hybridized carbons (Fsp3) is 0.294. The molecule has 0 amide bonds. The van der Waals surface area contributed by atoms with Crippen LogP contribution in [0.25, 0.3) is 17.0 Å². The standard InChI is InChI=1S/C17H14F3N5O2/c18-17(19,20)12-8-24(7-11(12)15(26)27)14-6-13(10-4-2-1-3-5-10)23-16-21-9-22-25(14)16/h1-6,9,11-12H,7-8H2,(H,26,27)/t11-,12-/m1/s1. The van der Waals surface area contributed by atoms with Gasteiger partial charge in [0.05, 0.1) is 17.5 Å². The molecule has 1 aromatic carbocycles. The topological polar surface area (TPSA) is 83.6 Å². The highest BCUT2D eigenvalue weighted by molar-refractivity contribution is 5.73. The van der Waals surface area contributed by atoms with Crippen LogP contribution in [0.1, 0.15) is 0 Å². The van der Waals surface area contributed by atoms with E-state index in [0.29, 0.717) is 11.5 Å². The van der Waals surface area contributed by atoms with Crippen LogP contribution in [-0.2, 0) is 4.79 Å². The Morgan fingerprint density at radius 2 is 1.93 bits per heavy atom. The van der Waals surface area contributed by atoms with Gasteiger partial charge >= 0.3 is 12.1 Å². The van der Waals surface area contributed by atoms with E-state index in [4.69, 9.17) is 0 Å². The van der Waals surface area contributed by atoms with Crippen molar-refractivity contribution in [2.24, 2.45) is 11.8 Å². The van der Waals surface area contributed by atoms with Crippen molar-refractivity contribution in [1.29, 1.82) is 0 Å². The van der Waals surface area contributed by atoms with Crippen molar-refractivity contribution < 1.29 is 23.1 Å². The van der Waals surface area contributed by atoms with Crippen molar-refractivity contribution in [3.8, 4) is 11.3 Å². The lowest BCUT2D eigenvalue weighted by molar-refractivity contribution is -0.187. The molecule has 7 nitrogen and oxygen atoms in total. The lowest BCUT2D eigenvalue weighted by Crippen LogP contribution is -2.33. The Bertz CT molecular complexity index is 989. The first-order chi connectivity index (χ1) is 12.8. The molecule has 0 bridgehead atoms. The molecule has 1 aliphatic rings. The van der Waals surface area contributed by atoms with E-state index in [9.17, 15) is 23.1 Å². The second kappa shape index (κ2) is 6.22. The number of halogens is 3. The largest absolute Gasteiger partial charge is 0.481 e. The summed E-state index contributed by atoms with van der Waals surface area (Å²) >= 11 is 0. The number of anilines is 1. The maximum Gasteiger partial charge on any atom is 0.394 e. The molecule has 1 N–H and O–H groups in total. The van der Waals surface area contributed by atoms with E-state index < -0.39 is 30.5 Å². The van der Waals surface area contributed by atoms with Crippen LogP contribution < -0.4 is 4.90 Å². The molecular formula is C17H14F3N5O2. The molecule has 1 fully saturated rings. The first-order valence-corrected chi connectivity index (χ1v) is 8.15. The maximum atomic E-state index is 13.3. The monoisotopic (exact) mass is 377 g/mol. The first kappa shape index (κ1) is 17.3. The number of carbonyl (C=O) groups is 1. The van der Waals surface area contributed by atoms with Crippen LogP contribution in [0.4, 0.5) is 19.0 Å². The van der Waals surface area contributed by atoms with E-state index >= 15 is 0 Å². The number of carboxylic acid groups (broad SMARTS) is 1. The summed E-state index contributed by atoms with van der Waals surface area (Å²) in [6, 6.07) is 10.7. The molecule has 27 heavy (non-hydrogen) atoms. The van der Waals surface area contributed by atoms with Gasteiger partial charge in [-0.3, -0.25) is 4.79 Å². The SMILES string of the molecule is O=C(O)[C@@H]1CN(c2cc(-c3ccccc3)nc3ncnn23)C[C@H]1C(F)(F)F. The molecule has 0 unspecified atom stereocenters. The number of rotatable bonds is 3. The number of hydrogen-bond donors (Lipinski definition) is 1. The number of carboxylic acids is 1. The van der Waals surface area contributed by atoms with Gasteiger partial charge in [0, 0.05) is 24.7 Å². The Labute approximate surface area is 151 Å². The third-order valence-electron chi connectivity index (χ3n) is 4.68. The Morgan fingerprint density at radius 3 is 2.56 bits per heavy atom. The highest BCUT2D eigenvalue weighted by Gasteiger charge is 2.53. The number of alkyl halides is 3. The summed E-state index contributed by atoms with van der Waals surface area (Å²) in [6.07, 6.45) is -3.35. The van der Waals surface area contributed by atoms with Gasteiger partial charge in [-0.1, -0.05) is 30.3 Å². The van der Waals surface area contributed by atoms with Crippen LogP contribution in [0, 0.1) is 11.8 Å². The highest BCUT2D eigenvalue weighted by Crippen LogP contribution is 2.39. The van der Waals surface area contributed by atoms with Gasteiger partial charge in [0.15, 0.2) is 0 Å². The summed E-state index contributed by atoms with van der Waals surface area (Å²) in [4.78, 5) is 21.2. The molecule has 0 saturated carbocycles. The van der Waals surface area contributed by atoms with Gasteiger partial charge in [-0.15, -0.1) is 0 Å². The third kappa shape index (κ3) is 3.07. The average molecular weight is 377 g/mol. The summed E-state index contributed by atoms with van der Waals surface area (Å²) in [7, 11) is 0. The summed E-state index contributed by atoms with van der Waals surface area (Å²) in [5.74, 6) is -4.41. The number of nitrogens with zero attached hydrogens (tertiary/aromatic N) is 5. The Hall–Kier alpha value is -3.17. The Morgan fingerprint density at radius 1 is 1.19 bits per heavy atom. The van der Waals surface area contributed by atoms with Crippen LogP contribution in [0.5, 0.6) is 0 Å². The fourth-order valence-corrected chi connectivity index (χ4v) is 3.35. The molecule has 0 radical (unpaired) electrons. The van der Waals surface area contributed by atoms with Crippen molar-refractivity contribution in [2.75, 3.05) is 18.0 Å². The lowest BCUT2D eigenvalue weighted by atomic mass is 9.96. The molecule has 0 spiro atoms. The normalized spacial score (nSPS) is 20.3. The summed E-state index contributed by atoms with van der Waals surface area (Å²) in [6.45, 7) is -0.736. The van der Waals surface area contributed by atoms with Gasteiger partial charge in [0.1, 0.15) is 12.1 Å². The van der Waals surface area contributed by atoms with E-state index in [2.05, 4.69) is 15.1 Å². The minimum absolute atomic E-state index is 0.230. The van der Waals surface area contributed by atoms with Crippen molar-refractivity contribution in [3.05, 3.63) is 42.7 Å². The highest BCUT2D eigenvalue weighted by atomic mass is 19.4. The number of fused-ring (bicyclic) bond motifs is 1. The minimum atomic E-state index is -4.60. The van der Waals surface area contributed by atoms with Gasteiger partial charge in [-0.05, 0) is 0 Å². The second-order valence-corrected chi connectivity index (χ2v) is 6.34. The van der Waals surface area contributed by atoms with Crippen molar-refractivity contribution in [3.63, 3.8) is 0 Å². The van der Waals surface area contributed by atoms with Gasteiger partial charge in [0.2, 0.25) is 0 Å². The molecule has 3 heterocycles. The van der Waals surface area contributed by atoms with Gasteiger partial charge in [-0.25, -0.2) is 4.98 Å².